The smallest absolute Gasteiger partial charge is 0.237 e. The van der Waals surface area contributed by atoms with Gasteiger partial charge in [-0.25, -0.2) is 8.42 Å². The summed E-state index contributed by atoms with van der Waals surface area (Å²) in [5, 5.41) is 2.79. The number of nitrogens with one attached hydrogen (secondary N) is 1. The molecule has 0 aromatic carbocycles. The minimum absolute atomic E-state index is 0.0523. The summed E-state index contributed by atoms with van der Waals surface area (Å²) in [6, 6.07) is -0.450. The van der Waals surface area contributed by atoms with E-state index < -0.39 is 15.9 Å². The highest BCUT2D eigenvalue weighted by molar-refractivity contribution is 7.90. The van der Waals surface area contributed by atoms with E-state index in [0.29, 0.717) is 12.6 Å². The number of nitrogens with two attached hydrogens (primary N) is 1. The molecule has 0 saturated carbocycles. The monoisotopic (exact) mass is 291 g/mol. The SMILES string of the molecule is CC(CNC(=O)C(N)CCS(C)(=O)=O)N1CCCC1. The number of nitrogens with zero attached hydrogens (tertiary/aromatic N) is 1. The van der Waals surface area contributed by atoms with Crippen LogP contribution in [0.25, 0.3) is 0 Å². The normalized spacial score (nSPS) is 20.2. The molecular weight excluding hydrogens is 266 g/mol. The van der Waals surface area contributed by atoms with E-state index in [9.17, 15) is 13.2 Å². The molecule has 2 atom stereocenters. The number of amides is 1. The van der Waals surface area contributed by atoms with E-state index in [1.54, 1.807) is 0 Å². The summed E-state index contributed by atoms with van der Waals surface area (Å²) in [4.78, 5) is 14.1. The van der Waals surface area contributed by atoms with Crippen LogP contribution in [0.1, 0.15) is 26.2 Å². The Bertz CT molecular complexity index is 391. The molecule has 1 aliphatic rings. The van der Waals surface area contributed by atoms with E-state index in [0.717, 1.165) is 19.3 Å². The second-order valence-corrected chi connectivity index (χ2v) is 7.62. The third kappa shape index (κ3) is 6.35. The molecule has 1 amide bonds. The van der Waals surface area contributed by atoms with Crippen LogP contribution in [0.4, 0.5) is 0 Å². The molecule has 1 fully saturated rings. The molecule has 1 heterocycles. The van der Waals surface area contributed by atoms with Gasteiger partial charge in [0, 0.05) is 18.8 Å². The van der Waals surface area contributed by atoms with Gasteiger partial charge in [0.25, 0.3) is 0 Å². The number of carbonyl (C=O) groups excluding carboxylic acids is 1. The fraction of sp³-hybridized carbons (Fsp3) is 0.917. The average Bonchev–Trinajstić information content (AvgIpc) is 2.85. The van der Waals surface area contributed by atoms with Crippen LogP contribution in [0, 0.1) is 0 Å². The molecule has 0 radical (unpaired) electrons. The van der Waals surface area contributed by atoms with Gasteiger partial charge in [-0.1, -0.05) is 0 Å². The predicted molar refractivity (Wildman–Crippen MR) is 75.6 cm³/mol. The van der Waals surface area contributed by atoms with E-state index in [2.05, 4.69) is 17.1 Å². The zero-order valence-electron chi connectivity index (χ0n) is 11.8. The molecule has 1 saturated heterocycles. The van der Waals surface area contributed by atoms with Crippen molar-refractivity contribution in [1.29, 1.82) is 0 Å². The maximum atomic E-state index is 11.7. The average molecular weight is 291 g/mol. The first-order valence-electron chi connectivity index (χ1n) is 6.74. The Balaban J connectivity index is 2.25. The summed E-state index contributed by atoms with van der Waals surface area (Å²) in [5.41, 5.74) is 5.67. The van der Waals surface area contributed by atoms with Crippen LogP contribution in [-0.2, 0) is 14.6 Å². The molecule has 3 N–H and O–H groups in total. The zero-order chi connectivity index (χ0) is 14.5. The third-order valence-electron chi connectivity index (χ3n) is 3.47. The van der Waals surface area contributed by atoms with E-state index in [4.69, 9.17) is 5.73 Å². The molecular formula is C12H25N3O3S. The number of rotatable bonds is 7. The highest BCUT2D eigenvalue weighted by Gasteiger charge is 2.20. The molecule has 2 unspecified atom stereocenters. The van der Waals surface area contributed by atoms with Crippen molar-refractivity contribution < 1.29 is 13.2 Å². The van der Waals surface area contributed by atoms with Crippen molar-refractivity contribution in [3.8, 4) is 0 Å². The first-order valence-corrected chi connectivity index (χ1v) is 8.80. The van der Waals surface area contributed by atoms with Crippen LogP contribution in [0.3, 0.4) is 0 Å². The van der Waals surface area contributed by atoms with Crippen molar-refractivity contribution >= 4 is 15.7 Å². The van der Waals surface area contributed by atoms with Crippen LogP contribution in [0.15, 0.2) is 0 Å². The first kappa shape index (κ1) is 16.4. The maximum Gasteiger partial charge on any atom is 0.237 e. The minimum atomic E-state index is -3.07. The van der Waals surface area contributed by atoms with Crippen molar-refractivity contribution in [3.05, 3.63) is 0 Å². The standard InChI is InChI=1S/C12H25N3O3S/c1-10(15-6-3-4-7-15)9-14-12(16)11(13)5-8-19(2,17)18/h10-11H,3-9,13H2,1-2H3,(H,14,16). The minimum Gasteiger partial charge on any atom is -0.353 e. The highest BCUT2D eigenvalue weighted by atomic mass is 32.2. The molecule has 0 bridgehead atoms. The predicted octanol–water partition coefficient (Wildman–Crippen LogP) is -0.651. The van der Waals surface area contributed by atoms with E-state index in [1.807, 2.05) is 0 Å². The second-order valence-electron chi connectivity index (χ2n) is 5.36. The lowest BCUT2D eigenvalue weighted by molar-refractivity contribution is -0.122. The van der Waals surface area contributed by atoms with Gasteiger partial charge in [0.15, 0.2) is 0 Å². The second kappa shape index (κ2) is 7.21. The number of sulfone groups is 1. The number of carbonyl (C=O) groups is 1. The maximum absolute atomic E-state index is 11.7. The summed E-state index contributed by atoms with van der Waals surface area (Å²) >= 11 is 0. The van der Waals surface area contributed by atoms with Crippen molar-refractivity contribution in [2.75, 3.05) is 31.6 Å². The number of hydrogen-bond acceptors (Lipinski definition) is 5. The van der Waals surface area contributed by atoms with Gasteiger partial charge in [-0.2, -0.15) is 0 Å². The number of likely N-dealkylation sites (tertiary alicyclic amines) is 1. The van der Waals surface area contributed by atoms with Crippen LogP contribution in [0.5, 0.6) is 0 Å². The van der Waals surface area contributed by atoms with Gasteiger partial charge in [0.2, 0.25) is 5.91 Å². The molecule has 7 heteroatoms. The Morgan fingerprint density at radius 2 is 1.95 bits per heavy atom. The van der Waals surface area contributed by atoms with Crippen molar-refractivity contribution in [2.45, 2.75) is 38.3 Å². The number of hydrogen-bond donors (Lipinski definition) is 2. The molecule has 0 aliphatic carbocycles. The van der Waals surface area contributed by atoms with Crippen molar-refractivity contribution in [3.63, 3.8) is 0 Å². The lowest BCUT2D eigenvalue weighted by Crippen LogP contribution is -2.47. The van der Waals surface area contributed by atoms with Crippen LogP contribution in [-0.4, -0.2) is 63.0 Å². The lowest BCUT2D eigenvalue weighted by atomic mass is 10.2. The molecule has 1 aliphatic heterocycles. The summed E-state index contributed by atoms with van der Waals surface area (Å²) in [6.07, 6.45) is 3.74. The highest BCUT2D eigenvalue weighted by Crippen LogP contribution is 2.10. The molecule has 0 aromatic rings. The Kier molecular flexibility index (Phi) is 6.22. The van der Waals surface area contributed by atoms with E-state index >= 15 is 0 Å². The van der Waals surface area contributed by atoms with E-state index in [1.165, 1.54) is 12.8 Å². The van der Waals surface area contributed by atoms with Crippen LogP contribution >= 0.6 is 0 Å². The quantitative estimate of drug-likeness (QED) is 0.650. The lowest BCUT2D eigenvalue weighted by Gasteiger charge is -2.24. The summed E-state index contributed by atoms with van der Waals surface area (Å²) in [7, 11) is -3.07. The molecule has 19 heavy (non-hydrogen) atoms. The van der Waals surface area contributed by atoms with E-state index in [-0.39, 0.29) is 18.1 Å². The fourth-order valence-corrected chi connectivity index (χ4v) is 2.85. The summed E-state index contributed by atoms with van der Waals surface area (Å²) < 4.78 is 22.0. The fourth-order valence-electron chi connectivity index (χ4n) is 2.16. The Hall–Kier alpha value is -0.660. The van der Waals surface area contributed by atoms with Crippen LogP contribution in [0.2, 0.25) is 0 Å². The van der Waals surface area contributed by atoms with Gasteiger partial charge >= 0.3 is 0 Å². The molecule has 0 aromatic heterocycles. The topological polar surface area (TPSA) is 92.5 Å². The molecule has 0 spiro atoms. The van der Waals surface area contributed by atoms with Gasteiger partial charge in [0.1, 0.15) is 9.84 Å². The van der Waals surface area contributed by atoms with Gasteiger partial charge < -0.3 is 11.1 Å². The van der Waals surface area contributed by atoms with Gasteiger partial charge in [-0.05, 0) is 39.3 Å². The Labute approximate surface area is 115 Å². The largest absolute Gasteiger partial charge is 0.353 e. The van der Waals surface area contributed by atoms with Gasteiger partial charge in [-0.15, -0.1) is 0 Å². The van der Waals surface area contributed by atoms with Crippen molar-refractivity contribution in [2.24, 2.45) is 5.73 Å². The molecule has 1 rings (SSSR count). The third-order valence-corrected chi connectivity index (χ3v) is 4.45. The Morgan fingerprint density at radius 1 is 1.37 bits per heavy atom. The van der Waals surface area contributed by atoms with Gasteiger partial charge in [-0.3, -0.25) is 9.69 Å². The summed E-state index contributed by atoms with van der Waals surface area (Å²) in [5.74, 6) is -0.321. The summed E-state index contributed by atoms with van der Waals surface area (Å²) in [6.45, 7) is 4.80. The van der Waals surface area contributed by atoms with Crippen LogP contribution < -0.4 is 11.1 Å². The Morgan fingerprint density at radius 3 is 2.47 bits per heavy atom. The van der Waals surface area contributed by atoms with Crippen molar-refractivity contribution in [1.82, 2.24) is 10.2 Å². The van der Waals surface area contributed by atoms with Gasteiger partial charge in [0.05, 0.1) is 11.8 Å². The molecule has 6 nitrogen and oxygen atoms in total. The first-order chi connectivity index (χ1) is 8.79. The molecule has 112 valence electrons. The zero-order valence-corrected chi connectivity index (χ0v) is 12.6.